The molecule has 0 saturated heterocycles. The maximum atomic E-state index is 13.4. The van der Waals surface area contributed by atoms with Crippen molar-refractivity contribution < 1.29 is 9.13 Å². The second-order valence-electron chi connectivity index (χ2n) is 6.02. The normalized spacial score (nSPS) is 10.8. The number of ether oxygens (including phenoxy) is 1. The molecule has 146 valence electrons. The average Bonchev–Trinajstić information content (AvgIpc) is 2.64. The topological polar surface area (TPSA) is 56.1 Å². The highest BCUT2D eigenvalue weighted by Crippen LogP contribution is 2.30. The van der Waals surface area contributed by atoms with Crippen LogP contribution < -0.4 is 15.6 Å². The Morgan fingerprint density at radius 2 is 1.86 bits per heavy atom. The van der Waals surface area contributed by atoms with Gasteiger partial charge in [0.1, 0.15) is 5.82 Å². The molecular formula is C19H15Cl3FN3O2. The van der Waals surface area contributed by atoms with Gasteiger partial charge in [-0.15, -0.1) is 0 Å². The Labute approximate surface area is 175 Å². The number of hydrogen-bond donors (Lipinski definition) is 1. The van der Waals surface area contributed by atoms with E-state index in [1.54, 1.807) is 22.8 Å². The lowest BCUT2D eigenvalue weighted by Gasteiger charge is -2.17. The fraction of sp³-hybridized carbons (Fsp3) is 0.158. The van der Waals surface area contributed by atoms with Gasteiger partial charge in [-0.1, -0.05) is 40.9 Å². The number of halogens is 4. The van der Waals surface area contributed by atoms with Crippen molar-refractivity contribution in [3.63, 3.8) is 0 Å². The van der Waals surface area contributed by atoms with E-state index in [9.17, 15) is 9.18 Å². The minimum Gasteiger partial charge on any atom is -0.490 e. The van der Waals surface area contributed by atoms with E-state index >= 15 is 0 Å². The van der Waals surface area contributed by atoms with E-state index in [-0.39, 0.29) is 23.3 Å². The van der Waals surface area contributed by atoms with Crippen molar-refractivity contribution in [2.24, 2.45) is 0 Å². The Balaban J connectivity index is 2.04. The zero-order valence-corrected chi connectivity index (χ0v) is 17.2. The van der Waals surface area contributed by atoms with Gasteiger partial charge in [0.05, 0.1) is 34.9 Å². The molecule has 0 aliphatic heterocycles. The molecule has 0 spiro atoms. The molecule has 0 atom stereocenters. The first-order valence-electron chi connectivity index (χ1n) is 8.10. The Morgan fingerprint density at radius 3 is 2.54 bits per heavy atom. The molecule has 2 aromatic carbocycles. The van der Waals surface area contributed by atoms with Crippen LogP contribution in [0.1, 0.15) is 11.1 Å². The number of benzene rings is 2. The highest BCUT2D eigenvalue weighted by atomic mass is 35.5. The quantitative estimate of drug-likeness (QED) is 0.571. The van der Waals surface area contributed by atoms with Gasteiger partial charge in [0, 0.05) is 5.69 Å². The van der Waals surface area contributed by atoms with Crippen LogP contribution in [0, 0.1) is 12.7 Å². The second kappa shape index (κ2) is 8.39. The lowest BCUT2D eigenvalue weighted by atomic mass is 10.2. The van der Waals surface area contributed by atoms with Crippen LogP contribution in [0.5, 0.6) is 5.75 Å². The van der Waals surface area contributed by atoms with Crippen molar-refractivity contribution in [1.82, 2.24) is 9.55 Å². The summed E-state index contributed by atoms with van der Waals surface area (Å²) in [5.41, 5.74) is 1.64. The third kappa shape index (κ3) is 4.41. The zero-order valence-electron chi connectivity index (χ0n) is 14.9. The van der Waals surface area contributed by atoms with Crippen molar-refractivity contribution in [3.8, 4) is 5.75 Å². The highest BCUT2D eigenvalue weighted by Gasteiger charge is 2.13. The standard InChI is InChI=1S/C19H15Cl3FN3O2/c1-10-5-12(20)13(21)7-16(10)24-19-25-18(27)17(28-2)9-26(19)8-11-3-4-15(23)14(22)6-11/h3-7,9H,8H2,1-2H3,(H,24,25,27). The van der Waals surface area contributed by atoms with E-state index in [0.29, 0.717) is 21.3 Å². The van der Waals surface area contributed by atoms with E-state index in [2.05, 4.69) is 10.3 Å². The molecule has 0 radical (unpaired) electrons. The Bertz CT molecular complexity index is 1100. The summed E-state index contributed by atoms with van der Waals surface area (Å²) in [5.74, 6) is -0.178. The lowest BCUT2D eigenvalue weighted by molar-refractivity contribution is 0.402. The third-order valence-corrected chi connectivity index (χ3v) is 5.05. The van der Waals surface area contributed by atoms with Crippen LogP contribution in [-0.4, -0.2) is 16.7 Å². The molecule has 3 rings (SSSR count). The molecule has 1 N–H and O–H groups in total. The van der Waals surface area contributed by atoms with Gasteiger partial charge in [0.15, 0.2) is 0 Å². The van der Waals surface area contributed by atoms with E-state index in [1.807, 2.05) is 6.92 Å². The Morgan fingerprint density at radius 1 is 1.14 bits per heavy atom. The zero-order chi connectivity index (χ0) is 20.4. The molecule has 1 aromatic heterocycles. The number of methoxy groups -OCH3 is 1. The number of nitrogens with one attached hydrogen (secondary N) is 1. The van der Waals surface area contributed by atoms with Crippen molar-refractivity contribution in [2.45, 2.75) is 13.5 Å². The molecule has 3 aromatic rings. The minimum atomic E-state index is -0.531. The first kappa shape index (κ1) is 20.5. The highest BCUT2D eigenvalue weighted by molar-refractivity contribution is 6.42. The average molecular weight is 443 g/mol. The molecule has 0 aliphatic rings. The third-order valence-electron chi connectivity index (χ3n) is 4.03. The van der Waals surface area contributed by atoms with Gasteiger partial charge >= 0.3 is 5.56 Å². The van der Waals surface area contributed by atoms with Crippen molar-refractivity contribution in [2.75, 3.05) is 12.4 Å². The maximum Gasteiger partial charge on any atom is 0.316 e. The smallest absolute Gasteiger partial charge is 0.316 e. The first-order chi connectivity index (χ1) is 13.3. The summed E-state index contributed by atoms with van der Waals surface area (Å²) in [6, 6.07) is 7.74. The van der Waals surface area contributed by atoms with Crippen molar-refractivity contribution in [3.05, 3.63) is 78.9 Å². The summed E-state index contributed by atoms with van der Waals surface area (Å²) < 4.78 is 20.2. The van der Waals surface area contributed by atoms with E-state index < -0.39 is 11.4 Å². The number of anilines is 2. The lowest BCUT2D eigenvalue weighted by Crippen LogP contribution is -2.19. The molecule has 0 bridgehead atoms. The summed E-state index contributed by atoms with van der Waals surface area (Å²) in [4.78, 5) is 16.2. The summed E-state index contributed by atoms with van der Waals surface area (Å²) in [5, 5.41) is 3.89. The predicted octanol–water partition coefficient (Wildman–Crippen LogP) is 5.45. The van der Waals surface area contributed by atoms with Gasteiger partial charge < -0.3 is 14.6 Å². The Hall–Kier alpha value is -2.28. The van der Waals surface area contributed by atoms with Crippen LogP contribution in [0.3, 0.4) is 0 Å². The molecule has 0 saturated carbocycles. The predicted molar refractivity (Wildman–Crippen MR) is 110 cm³/mol. The molecule has 5 nitrogen and oxygen atoms in total. The van der Waals surface area contributed by atoms with Crippen molar-refractivity contribution >= 4 is 46.4 Å². The fourth-order valence-electron chi connectivity index (χ4n) is 2.57. The number of aromatic nitrogens is 2. The summed E-state index contributed by atoms with van der Waals surface area (Å²) in [6.07, 6.45) is 1.52. The van der Waals surface area contributed by atoms with Crippen LogP contribution in [0.4, 0.5) is 16.0 Å². The molecular weight excluding hydrogens is 428 g/mol. The largest absolute Gasteiger partial charge is 0.490 e. The second-order valence-corrected chi connectivity index (χ2v) is 7.24. The number of rotatable bonds is 5. The van der Waals surface area contributed by atoms with E-state index in [1.165, 1.54) is 25.4 Å². The summed E-state index contributed by atoms with van der Waals surface area (Å²) in [7, 11) is 1.38. The van der Waals surface area contributed by atoms with Crippen LogP contribution in [-0.2, 0) is 6.54 Å². The van der Waals surface area contributed by atoms with Gasteiger partial charge in [0.2, 0.25) is 11.7 Å². The van der Waals surface area contributed by atoms with Gasteiger partial charge in [-0.25, -0.2) is 4.39 Å². The van der Waals surface area contributed by atoms with Crippen LogP contribution in [0.2, 0.25) is 15.1 Å². The summed E-state index contributed by atoms with van der Waals surface area (Å²) in [6.45, 7) is 2.11. The van der Waals surface area contributed by atoms with Crippen LogP contribution in [0.25, 0.3) is 0 Å². The van der Waals surface area contributed by atoms with Crippen LogP contribution in [0.15, 0.2) is 41.3 Å². The molecule has 0 aliphatic carbocycles. The van der Waals surface area contributed by atoms with Crippen LogP contribution >= 0.6 is 34.8 Å². The van der Waals surface area contributed by atoms with E-state index in [0.717, 1.165) is 5.56 Å². The van der Waals surface area contributed by atoms with Gasteiger partial charge in [-0.2, -0.15) is 4.98 Å². The number of aryl methyl sites for hydroxylation is 1. The first-order valence-corrected chi connectivity index (χ1v) is 9.24. The minimum absolute atomic E-state index is 0.00769. The van der Waals surface area contributed by atoms with E-state index in [4.69, 9.17) is 39.5 Å². The molecule has 0 amide bonds. The molecule has 9 heteroatoms. The monoisotopic (exact) mass is 441 g/mol. The van der Waals surface area contributed by atoms with Gasteiger partial charge in [-0.05, 0) is 42.3 Å². The summed E-state index contributed by atoms with van der Waals surface area (Å²) >= 11 is 18.0. The SMILES string of the molecule is COc1cn(Cc2ccc(F)c(Cl)c2)c(Nc2cc(Cl)c(Cl)cc2C)nc1=O. The Kier molecular flexibility index (Phi) is 6.13. The number of nitrogens with zero attached hydrogens (tertiary/aromatic N) is 2. The molecule has 0 fully saturated rings. The van der Waals surface area contributed by atoms with Gasteiger partial charge in [0.25, 0.3) is 0 Å². The fourth-order valence-corrected chi connectivity index (χ4v) is 3.15. The molecule has 1 heterocycles. The molecule has 28 heavy (non-hydrogen) atoms. The van der Waals surface area contributed by atoms with Gasteiger partial charge in [-0.3, -0.25) is 4.79 Å². The van der Waals surface area contributed by atoms with Crippen molar-refractivity contribution in [1.29, 1.82) is 0 Å². The molecule has 0 unspecified atom stereocenters. The number of hydrogen-bond acceptors (Lipinski definition) is 4. The maximum absolute atomic E-state index is 13.4.